The Kier molecular flexibility index (Phi) is 2.72. The number of methoxy groups -OCH3 is 1. The summed E-state index contributed by atoms with van der Waals surface area (Å²) in [5.74, 6) is 1.76. The van der Waals surface area contributed by atoms with Crippen LogP contribution in [0.15, 0.2) is 18.2 Å². The van der Waals surface area contributed by atoms with Crippen LogP contribution < -0.4 is 15.2 Å². The summed E-state index contributed by atoms with van der Waals surface area (Å²) >= 11 is 0. The van der Waals surface area contributed by atoms with Crippen LogP contribution >= 0.6 is 0 Å². The van der Waals surface area contributed by atoms with Gasteiger partial charge in [0.1, 0.15) is 17.1 Å². The van der Waals surface area contributed by atoms with Crippen molar-refractivity contribution in [2.75, 3.05) is 27.2 Å². The number of ether oxygens (including phenoxy) is 2. The number of benzene rings is 1. The fourth-order valence-electron chi connectivity index (χ4n) is 3.12. The minimum absolute atomic E-state index is 0.0374. The first-order valence-corrected chi connectivity index (χ1v) is 6.43. The summed E-state index contributed by atoms with van der Waals surface area (Å²) in [5, 5.41) is 0. The number of likely N-dealkylation sites (tertiary alicyclic amines) is 1. The van der Waals surface area contributed by atoms with E-state index < -0.39 is 0 Å². The highest BCUT2D eigenvalue weighted by Crippen LogP contribution is 2.43. The maximum atomic E-state index is 6.32. The summed E-state index contributed by atoms with van der Waals surface area (Å²) in [6, 6.07) is 5.94. The molecule has 4 nitrogen and oxygen atoms in total. The molecule has 3 rings (SSSR count). The van der Waals surface area contributed by atoms with Gasteiger partial charge in [0.2, 0.25) is 0 Å². The smallest absolute Gasteiger partial charge is 0.125 e. The van der Waals surface area contributed by atoms with Crippen molar-refractivity contribution in [2.24, 2.45) is 5.73 Å². The van der Waals surface area contributed by atoms with Crippen LogP contribution in [0.2, 0.25) is 0 Å². The van der Waals surface area contributed by atoms with Crippen LogP contribution in [0.1, 0.15) is 24.4 Å². The Balaban J connectivity index is 1.93. The highest BCUT2D eigenvalue weighted by atomic mass is 16.5. The van der Waals surface area contributed by atoms with Crippen molar-refractivity contribution < 1.29 is 9.47 Å². The van der Waals surface area contributed by atoms with Gasteiger partial charge in [0.05, 0.1) is 7.11 Å². The normalized spacial score (nSPS) is 31.2. The molecule has 4 heteroatoms. The Hall–Kier alpha value is -1.26. The van der Waals surface area contributed by atoms with E-state index in [4.69, 9.17) is 15.2 Å². The average molecular weight is 248 g/mol. The molecule has 1 fully saturated rings. The molecule has 1 aromatic carbocycles. The molecule has 0 radical (unpaired) electrons. The molecule has 18 heavy (non-hydrogen) atoms. The molecule has 0 aliphatic carbocycles. The molecule has 1 aromatic rings. The van der Waals surface area contributed by atoms with E-state index in [1.807, 2.05) is 18.2 Å². The maximum absolute atomic E-state index is 6.32. The molecule has 1 saturated heterocycles. The molecule has 0 saturated carbocycles. The number of nitrogens with zero attached hydrogens (tertiary/aromatic N) is 1. The van der Waals surface area contributed by atoms with Crippen LogP contribution in [0.4, 0.5) is 0 Å². The van der Waals surface area contributed by atoms with Crippen molar-refractivity contribution in [3.63, 3.8) is 0 Å². The molecule has 2 heterocycles. The lowest BCUT2D eigenvalue weighted by molar-refractivity contribution is 0.0465. The number of likely N-dealkylation sites (N-methyl/N-ethyl adjacent to an activating group) is 1. The summed E-state index contributed by atoms with van der Waals surface area (Å²) in [6.45, 7) is 2.05. The predicted octanol–water partition coefficient (Wildman–Crippen LogP) is 1.55. The van der Waals surface area contributed by atoms with Gasteiger partial charge in [0, 0.05) is 37.5 Å². The van der Waals surface area contributed by atoms with Gasteiger partial charge in [0.25, 0.3) is 0 Å². The first kappa shape index (κ1) is 11.8. The van der Waals surface area contributed by atoms with Crippen LogP contribution in [-0.2, 0) is 0 Å². The number of hydrogen-bond donors (Lipinski definition) is 1. The van der Waals surface area contributed by atoms with Crippen molar-refractivity contribution >= 4 is 0 Å². The second kappa shape index (κ2) is 4.14. The Labute approximate surface area is 108 Å². The molecule has 98 valence electrons. The van der Waals surface area contributed by atoms with Gasteiger partial charge < -0.3 is 20.1 Å². The van der Waals surface area contributed by atoms with Crippen LogP contribution in [0.5, 0.6) is 11.5 Å². The lowest BCUT2D eigenvalue weighted by atomic mass is 9.87. The van der Waals surface area contributed by atoms with E-state index in [1.165, 1.54) is 0 Å². The van der Waals surface area contributed by atoms with Gasteiger partial charge in [0.15, 0.2) is 0 Å². The first-order chi connectivity index (χ1) is 8.62. The highest BCUT2D eigenvalue weighted by molar-refractivity contribution is 5.44. The number of hydrogen-bond acceptors (Lipinski definition) is 4. The zero-order valence-corrected chi connectivity index (χ0v) is 11.0. The molecule has 2 aliphatic heterocycles. The summed E-state index contributed by atoms with van der Waals surface area (Å²) < 4.78 is 11.5. The molecule has 2 aliphatic rings. The molecule has 0 amide bonds. The third-order valence-electron chi connectivity index (χ3n) is 4.04. The van der Waals surface area contributed by atoms with Gasteiger partial charge in [-0.3, -0.25) is 0 Å². The lowest BCUT2D eigenvalue weighted by Crippen LogP contribution is -2.44. The summed E-state index contributed by atoms with van der Waals surface area (Å²) in [7, 11) is 3.80. The van der Waals surface area contributed by atoms with Gasteiger partial charge in [-0.05, 0) is 25.2 Å². The summed E-state index contributed by atoms with van der Waals surface area (Å²) in [4.78, 5) is 2.31. The van der Waals surface area contributed by atoms with Gasteiger partial charge in [-0.1, -0.05) is 0 Å². The van der Waals surface area contributed by atoms with Gasteiger partial charge in [-0.15, -0.1) is 0 Å². The third kappa shape index (κ3) is 1.85. The second-order valence-corrected chi connectivity index (χ2v) is 5.49. The predicted molar refractivity (Wildman–Crippen MR) is 70.0 cm³/mol. The van der Waals surface area contributed by atoms with E-state index >= 15 is 0 Å². The van der Waals surface area contributed by atoms with E-state index in [-0.39, 0.29) is 11.6 Å². The molecule has 2 atom stereocenters. The highest BCUT2D eigenvalue weighted by Gasteiger charge is 2.44. The molecule has 2 unspecified atom stereocenters. The largest absolute Gasteiger partial charge is 0.497 e. The first-order valence-electron chi connectivity index (χ1n) is 6.43. The fraction of sp³-hybridized carbons (Fsp3) is 0.571. The number of fused-ring (bicyclic) bond motifs is 1. The Bertz CT molecular complexity index is 463. The SMILES string of the molecule is COc1ccc2c(c1)C(N)CC1(CCN(C)C1)O2. The van der Waals surface area contributed by atoms with Crippen molar-refractivity contribution in [3.8, 4) is 11.5 Å². The minimum Gasteiger partial charge on any atom is -0.497 e. The third-order valence-corrected chi connectivity index (χ3v) is 4.04. The Morgan fingerprint density at radius 1 is 1.50 bits per heavy atom. The molecule has 1 spiro atoms. The van der Waals surface area contributed by atoms with Crippen molar-refractivity contribution in [1.82, 2.24) is 4.90 Å². The van der Waals surface area contributed by atoms with E-state index in [0.717, 1.165) is 43.0 Å². The van der Waals surface area contributed by atoms with Gasteiger partial charge in [-0.25, -0.2) is 0 Å². The average Bonchev–Trinajstić information content (AvgIpc) is 2.70. The van der Waals surface area contributed by atoms with E-state index in [2.05, 4.69) is 11.9 Å². The van der Waals surface area contributed by atoms with Crippen molar-refractivity contribution in [1.29, 1.82) is 0 Å². The summed E-state index contributed by atoms with van der Waals surface area (Å²) in [6.07, 6.45) is 1.94. The molecular weight excluding hydrogens is 228 g/mol. The van der Waals surface area contributed by atoms with Crippen LogP contribution in [-0.4, -0.2) is 37.7 Å². The monoisotopic (exact) mass is 248 g/mol. The topological polar surface area (TPSA) is 47.7 Å². The second-order valence-electron chi connectivity index (χ2n) is 5.49. The Morgan fingerprint density at radius 2 is 2.33 bits per heavy atom. The van der Waals surface area contributed by atoms with Gasteiger partial charge >= 0.3 is 0 Å². The molecule has 2 N–H and O–H groups in total. The maximum Gasteiger partial charge on any atom is 0.125 e. The zero-order valence-electron chi connectivity index (χ0n) is 11.0. The summed E-state index contributed by atoms with van der Waals surface area (Å²) in [5.41, 5.74) is 7.29. The molecule has 0 bridgehead atoms. The minimum atomic E-state index is -0.0875. The fourth-order valence-corrected chi connectivity index (χ4v) is 3.12. The lowest BCUT2D eigenvalue weighted by Gasteiger charge is -2.38. The molecule has 0 aromatic heterocycles. The van der Waals surface area contributed by atoms with E-state index in [0.29, 0.717) is 0 Å². The van der Waals surface area contributed by atoms with Crippen LogP contribution in [0.3, 0.4) is 0 Å². The molecular formula is C14H20N2O2. The van der Waals surface area contributed by atoms with E-state index in [9.17, 15) is 0 Å². The van der Waals surface area contributed by atoms with Crippen molar-refractivity contribution in [3.05, 3.63) is 23.8 Å². The Morgan fingerprint density at radius 3 is 3.00 bits per heavy atom. The van der Waals surface area contributed by atoms with Gasteiger partial charge in [-0.2, -0.15) is 0 Å². The van der Waals surface area contributed by atoms with Crippen LogP contribution in [0, 0.1) is 0 Å². The zero-order chi connectivity index (χ0) is 12.8. The van der Waals surface area contributed by atoms with Crippen LogP contribution in [0.25, 0.3) is 0 Å². The van der Waals surface area contributed by atoms with E-state index in [1.54, 1.807) is 7.11 Å². The number of nitrogens with two attached hydrogens (primary N) is 1. The quantitative estimate of drug-likeness (QED) is 0.819. The van der Waals surface area contributed by atoms with Crippen molar-refractivity contribution in [2.45, 2.75) is 24.5 Å². The standard InChI is InChI=1S/C14H20N2O2/c1-16-6-5-14(9-16)8-12(15)11-7-10(17-2)3-4-13(11)18-14/h3-4,7,12H,5-6,8-9,15H2,1-2H3. The number of rotatable bonds is 1.